The molecule has 3 rings (SSSR count). The van der Waals surface area contributed by atoms with Crippen molar-refractivity contribution in [3.05, 3.63) is 23.8 Å². The van der Waals surface area contributed by atoms with Crippen molar-refractivity contribution in [3.8, 4) is 11.5 Å². The van der Waals surface area contributed by atoms with Crippen LogP contribution in [0.4, 0.5) is 0 Å². The maximum atomic E-state index is 9.45. The molecule has 0 radical (unpaired) electrons. The molecule has 0 spiro atoms. The van der Waals surface area contributed by atoms with Crippen LogP contribution in [0.1, 0.15) is 37.8 Å². The van der Waals surface area contributed by atoms with Gasteiger partial charge in [0.2, 0.25) is 0 Å². The number of benzene rings is 1. The lowest BCUT2D eigenvalue weighted by molar-refractivity contribution is 0.0894. The van der Waals surface area contributed by atoms with Gasteiger partial charge < -0.3 is 9.84 Å². The van der Waals surface area contributed by atoms with E-state index in [1.807, 2.05) is 6.07 Å². The molecule has 2 heterocycles. The molecule has 17 heavy (non-hydrogen) atoms. The molecule has 2 atom stereocenters. The summed E-state index contributed by atoms with van der Waals surface area (Å²) < 4.78 is 5.69. The number of rotatable bonds is 1. The lowest BCUT2D eigenvalue weighted by Crippen LogP contribution is -2.40. The normalized spacial score (nSPS) is 28.8. The predicted molar refractivity (Wildman–Crippen MR) is 66.4 cm³/mol. The second-order valence-electron chi connectivity index (χ2n) is 5.13. The minimum atomic E-state index is 0.288. The van der Waals surface area contributed by atoms with Gasteiger partial charge in [-0.3, -0.25) is 4.90 Å². The van der Waals surface area contributed by atoms with E-state index >= 15 is 0 Å². The Balaban J connectivity index is 1.87. The lowest BCUT2D eigenvalue weighted by Gasteiger charge is -2.37. The zero-order chi connectivity index (χ0) is 11.8. The second kappa shape index (κ2) is 4.22. The highest BCUT2D eigenvalue weighted by molar-refractivity contribution is 5.44. The Hall–Kier alpha value is -1.22. The van der Waals surface area contributed by atoms with E-state index in [0.717, 1.165) is 18.9 Å². The first kappa shape index (κ1) is 10.9. The van der Waals surface area contributed by atoms with Gasteiger partial charge in [-0.15, -0.1) is 0 Å². The monoisotopic (exact) mass is 233 g/mol. The molecule has 3 nitrogen and oxygen atoms in total. The smallest absolute Gasteiger partial charge is 0.127 e. The molecule has 1 aromatic carbocycles. The van der Waals surface area contributed by atoms with Crippen molar-refractivity contribution in [3.63, 3.8) is 0 Å². The van der Waals surface area contributed by atoms with Crippen LogP contribution in [-0.4, -0.2) is 29.2 Å². The Labute approximate surface area is 102 Å². The van der Waals surface area contributed by atoms with E-state index in [9.17, 15) is 5.11 Å². The van der Waals surface area contributed by atoms with E-state index in [1.165, 1.54) is 24.8 Å². The maximum Gasteiger partial charge on any atom is 0.127 e. The Morgan fingerprint density at radius 1 is 1.35 bits per heavy atom. The molecule has 0 aromatic heterocycles. The van der Waals surface area contributed by atoms with Crippen molar-refractivity contribution >= 4 is 0 Å². The van der Waals surface area contributed by atoms with Gasteiger partial charge in [-0.2, -0.15) is 0 Å². The number of hydrogen-bond donors (Lipinski definition) is 1. The molecule has 1 fully saturated rings. The second-order valence-corrected chi connectivity index (χ2v) is 5.13. The number of ether oxygens (including phenoxy) is 1. The molecular formula is C14H19NO2. The van der Waals surface area contributed by atoms with Crippen molar-refractivity contribution in [2.75, 3.05) is 13.2 Å². The van der Waals surface area contributed by atoms with Crippen LogP contribution in [0.25, 0.3) is 0 Å². The van der Waals surface area contributed by atoms with Gasteiger partial charge in [-0.25, -0.2) is 0 Å². The Kier molecular flexibility index (Phi) is 2.71. The van der Waals surface area contributed by atoms with E-state index in [4.69, 9.17) is 4.74 Å². The zero-order valence-corrected chi connectivity index (χ0v) is 10.2. The summed E-state index contributed by atoms with van der Waals surface area (Å²) in [6.07, 6.45) is 3.91. The third kappa shape index (κ3) is 1.89. The SMILES string of the molecule is CC1CCCCN1C1COc2cc(O)ccc21. The van der Waals surface area contributed by atoms with Crippen LogP contribution in [0.15, 0.2) is 18.2 Å². The lowest BCUT2D eigenvalue weighted by atomic mass is 9.98. The molecule has 2 aliphatic heterocycles. The fraction of sp³-hybridized carbons (Fsp3) is 0.571. The molecule has 2 aliphatic rings. The van der Waals surface area contributed by atoms with Gasteiger partial charge in [0, 0.05) is 17.7 Å². The highest BCUT2D eigenvalue weighted by atomic mass is 16.5. The van der Waals surface area contributed by atoms with E-state index < -0.39 is 0 Å². The standard InChI is InChI=1S/C14H19NO2/c1-10-4-2-3-7-15(10)13-9-17-14-8-11(16)5-6-12(13)14/h5-6,8,10,13,16H,2-4,7,9H2,1H3. The number of phenolic OH excluding ortho intramolecular Hbond substituents is 1. The van der Waals surface area contributed by atoms with Crippen LogP contribution >= 0.6 is 0 Å². The van der Waals surface area contributed by atoms with Crippen molar-refractivity contribution in [2.24, 2.45) is 0 Å². The summed E-state index contributed by atoms with van der Waals surface area (Å²) in [7, 11) is 0. The first-order valence-corrected chi connectivity index (χ1v) is 6.47. The summed E-state index contributed by atoms with van der Waals surface area (Å²) in [5, 5.41) is 9.45. The van der Waals surface area contributed by atoms with Crippen molar-refractivity contribution in [1.29, 1.82) is 0 Å². The Morgan fingerprint density at radius 2 is 2.24 bits per heavy atom. The summed E-state index contributed by atoms with van der Waals surface area (Å²) >= 11 is 0. The molecule has 3 heteroatoms. The molecule has 2 unspecified atom stereocenters. The number of piperidine rings is 1. The minimum absolute atomic E-state index is 0.288. The third-order valence-electron chi connectivity index (χ3n) is 4.01. The van der Waals surface area contributed by atoms with Gasteiger partial charge in [0.25, 0.3) is 0 Å². The molecule has 1 aromatic rings. The van der Waals surface area contributed by atoms with Crippen LogP contribution in [-0.2, 0) is 0 Å². The number of aromatic hydroxyl groups is 1. The first-order valence-electron chi connectivity index (χ1n) is 6.47. The summed E-state index contributed by atoms with van der Waals surface area (Å²) in [5.74, 6) is 1.14. The molecule has 0 aliphatic carbocycles. The zero-order valence-electron chi connectivity index (χ0n) is 10.2. The highest BCUT2D eigenvalue weighted by Gasteiger charge is 2.33. The summed E-state index contributed by atoms with van der Waals surface area (Å²) in [6, 6.07) is 6.50. The molecule has 0 amide bonds. The van der Waals surface area contributed by atoms with E-state index in [0.29, 0.717) is 12.1 Å². The molecule has 0 saturated carbocycles. The van der Waals surface area contributed by atoms with Gasteiger partial charge >= 0.3 is 0 Å². The maximum absolute atomic E-state index is 9.45. The highest BCUT2D eigenvalue weighted by Crippen LogP contribution is 2.40. The predicted octanol–water partition coefficient (Wildman–Crippen LogP) is 2.70. The van der Waals surface area contributed by atoms with Gasteiger partial charge in [0.05, 0.1) is 6.04 Å². The van der Waals surface area contributed by atoms with Crippen molar-refractivity contribution in [1.82, 2.24) is 4.90 Å². The topological polar surface area (TPSA) is 32.7 Å². The van der Waals surface area contributed by atoms with Gasteiger partial charge in [0.15, 0.2) is 0 Å². The van der Waals surface area contributed by atoms with E-state index in [1.54, 1.807) is 12.1 Å². The van der Waals surface area contributed by atoms with Gasteiger partial charge in [0.1, 0.15) is 18.1 Å². The largest absolute Gasteiger partial charge is 0.508 e. The average molecular weight is 233 g/mol. The molecule has 92 valence electrons. The van der Waals surface area contributed by atoms with Crippen molar-refractivity contribution < 1.29 is 9.84 Å². The number of fused-ring (bicyclic) bond motifs is 1. The van der Waals surface area contributed by atoms with E-state index in [2.05, 4.69) is 11.8 Å². The molecule has 1 saturated heterocycles. The van der Waals surface area contributed by atoms with Crippen LogP contribution < -0.4 is 4.74 Å². The molecule has 0 bridgehead atoms. The molecular weight excluding hydrogens is 214 g/mol. The first-order chi connectivity index (χ1) is 8.25. The van der Waals surface area contributed by atoms with Crippen LogP contribution in [0.3, 0.4) is 0 Å². The summed E-state index contributed by atoms with van der Waals surface area (Å²) in [4.78, 5) is 2.55. The molecule has 1 N–H and O–H groups in total. The fourth-order valence-electron chi connectivity index (χ4n) is 3.04. The van der Waals surface area contributed by atoms with Crippen LogP contribution in [0.5, 0.6) is 11.5 Å². The van der Waals surface area contributed by atoms with Crippen molar-refractivity contribution in [2.45, 2.75) is 38.3 Å². The van der Waals surface area contributed by atoms with Gasteiger partial charge in [-0.05, 0) is 38.4 Å². The van der Waals surface area contributed by atoms with Gasteiger partial charge in [-0.1, -0.05) is 6.42 Å². The third-order valence-corrected chi connectivity index (χ3v) is 4.01. The average Bonchev–Trinajstić information content (AvgIpc) is 2.72. The summed E-state index contributed by atoms with van der Waals surface area (Å²) in [6.45, 7) is 4.19. The van der Waals surface area contributed by atoms with Crippen LogP contribution in [0, 0.1) is 0 Å². The number of likely N-dealkylation sites (tertiary alicyclic amines) is 1. The van der Waals surface area contributed by atoms with Crippen LogP contribution in [0.2, 0.25) is 0 Å². The number of hydrogen-bond acceptors (Lipinski definition) is 3. The minimum Gasteiger partial charge on any atom is -0.508 e. The Bertz CT molecular complexity index is 419. The van der Waals surface area contributed by atoms with E-state index in [-0.39, 0.29) is 5.75 Å². The number of nitrogens with zero attached hydrogens (tertiary/aromatic N) is 1. The Morgan fingerprint density at radius 3 is 3.06 bits per heavy atom. The fourth-order valence-corrected chi connectivity index (χ4v) is 3.04. The number of phenols is 1. The summed E-state index contributed by atoms with van der Waals surface area (Å²) in [5.41, 5.74) is 1.23. The quantitative estimate of drug-likeness (QED) is 0.809.